The van der Waals surface area contributed by atoms with Crippen LogP contribution >= 0.6 is 0 Å². The van der Waals surface area contributed by atoms with Gasteiger partial charge in [-0.2, -0.15) is 0 Å². The molecule has 0 saturated carbocycles. The lowest BCUT2D eigenvalue weighted by Gasteiger charge is -2.39. The summed E-state index contributed by atoms with van der Waals surface area (Å²) in [6, 6.07) is 0.0730. The van der Waals surface area contributed by atoms with Gasteiger partial charge in [0.05, 0.1) is 0 Å². The molecule has 0 unspecified atom stereocenters. The molecule has 0 spiro atoms. The zero-order valence-corrected chi connectivity index (χ0v) is 11.9. The van der Waals surface area contributed by atoms with Crippen molar-refractivity contribution in [2.45, 2.75) is 34.6 Å². The Labute approximate surface area is 105 Å². The Balaban J connectivity index is 2.42. The van der Waals surface area contributed by atoms with E-state index < -0.39 is 0 Å². The average molecular weight is 241 g/mol. The first-order valence-corrected chi connectivity index (χ1v) is 6.47. The molecule has 0 aliphatic carbocycles. The van der Waals surface area contributed by atoms with Crippen LogP contribution in [0.3, 0.4) is 0 Å². The molecule has 17 heavy (non-hydrogen) atoms. The molecule has 1 rings (SSSR count). The van der Waals surface area contributed by atoms with E-state index in [1.54, 1.807) is 0 Å². The smallest absolute Gasteiger partial charge is 0.317 e. The number of hydrogen-bond donors (Lipinski definition) is 2. The predicted octanol–water partition coefficient (Wildman–Crippen LogP) is 1.67. The standard InChI is InChI=1S/C13H27N3O/c1-12(2,3)13(4,5)10-15-11(17)16-8-6-14-7-9-16/h14H,6-10H2,1-5H3,(H,15,17). The number of carbonyl (C=O) groups is 1. The highest BCUT2D eigenvalue weighted by atomic mass is 16.2. The SMILES string of the molecule is CC(C)(C)C(C)(C)CNC(=O)N1CCNCC1. The number of amides is 2. The molecule has 0 aromatic heterocycles. The summed E-state index contributed by atoms with van der Waals surface area (Å²) >= 11 is 0. The van der Waals surface area contributed by atoms with Gasteiger partial charge in [0, 0.05) is 32.7 Å². The van der Waals surface area contributed by atoms with Gasteiger partial charge in [-0.1, -0.05) is 34.6 Å². The lowest BCUT2D eigenvalue weighted by molar-refractivity contribution is 0.124. The number of nitrogens with zero attached hydrogens (tertiary/aromatic N) is 1. The summed E-state index contributed by atoms with van der Waals surface area (Å²) in [7, 11) is 0. The van der Waals surface area contributed by atoms with Crippen LogP contribution in [-0.2, 0) is 0 Å². The van der Waals surface area contributed by atoms with Gasteiger partial charge in [-0.25, -0.2) is 4.79 Å². The van der Waals surface area contributed by atoms with Gasteiger partial charge in [0.25, 0.3) is 0 Å². The first-order valence-electron chi connectivity index (χ1n) is 6.47. The normalized spacial score (nSPS) is 18.1. The maximum Gasteiger partial charge on any atom is 0.317 e. The summed E-state index contributed by atoms with van der Waals surface area (Å²) in [4.78, 5) is 13.8. The van der Waals surface area contributed by atoms with Crippen LogP contribution in [0.2, 0.25) is 0 Å². The van der Waals surface area contributed by atoms with E-state index in [-0.39, 0.29) is 16.9 Å². The molecule has 4 nitrogen and oxygen atoms in total. The molecule has 4 heteroatoms. The number of nitrogens with one attached hydrogen (secondary N) is 2. The molecule has 1 aliphatic rings. The summed E-state index contributed by atoms with van der Waals surface area (Å²) in [6.07, 6.45) is 0. The van der Waals surface area contributed by atoms with Crippen LogP contribution in [0.1, 0.15) is 34.6 Å². The van der Waals surface area contributed by atoms with Crippen molar-refractivity contribution in [3.05, 3.63) is 0 Å². The Hall–Kier alpha value is -0.770. The summed E-state index contributed by atoms with van der Waals surface area (Å²) < 4.78 is 0. The maximum atomic E-state index is 12.0. The van der Waals surface area contributed by atoms with E-state index in [1.165, 1.54) is 0 Å². The summed E-state index contributed by atoms with van der Waals surface area (Å²) in [5, 5.41) is 6.30. The molecule has 1 heterocycles. The van der Waals surface area contributed by atoms with Crippen LogP contribution in [0.15, 0.2) is 0 Å². The maximum absolute atomic E-state index is 12.0. The fourth-order valence-electron chi connectivity index (χ4n) is 1.54. The van der Waals surface area contributed by atoms with Gasteiger partial charge in [-0.3, -0.25) is 0 Å². The van der Waals surface area contributed by atoms with Gasteiger partial charge >= 0.3 is 6.03 Å². The molecule has 0 aromatic carbocycles. The van der Waals surface area contributed by atoms with E-state index in [2.05, 4.69) is 45.3 Å². The quantitative estimate of drug-likeness (QED) is 0.772. The van der Waals surface area contributed by atoms with Gasteiger partial charge in [0.1, 0.15) is 0 Å². The van der Waals surface area contributed by atoms with Crippen LogP contribution in [0, 0.1) is 10.8 Å². The minimum atomic E-state index is 0.0730. The van der Waals surface area contributed by atoms with Crippen LogP contribution in [0.4, 0.5) is 4.79 Å². The summed E-state index contributed by atoms with van der Waals surface area (Å²) in [5.41, 5.74) is 0.278. The van der Waals surface area contributed by atoms with Gasteiger partial charge in [-0.15, -0.1) is 0 Å². The predicted molar refractivity (Wildman–Crippen MR) is 71.1 cm³/mol. The number of urea groups is 1. The van der Waals surface area contributed by atoms with Crippen molar-refractivity contribution in [3.63, 3.8) is 0 Å². The molecule has 100 valence electrons. The second-order valence-electron chi connectivity index (χ2n) is 6.53. The fourth-order valence-corrected chi connectivity index (χ4v) is 1.54. The first kappa shape index (κ1) is 14.3. The van der Waals surface area contributed by atoms with Crippen LogP contribution in [0.5, 0.6) is 0 Å². The Morgan fingerprint density at radius 3 is 2.18 bits per heavy atom. The average Bonchev–Trinajstić information content (AvgIpc) is 2.25. The molecule has 0 bridgehead atoms. The number of hydrogen-bond acceptors (Lipinski definition) is 2. The van der Waals surface area contributed by atoms with Gasteiger partial charge < -0.3 is 15.5 Å². The largest absolute Gasteiger partial charge is 0.337 e. The molecule has 1 fully saturated rings. The Morgan fingerprint density at radius 2 is 1.71 bits per heavy atom. The molecule has 0 atom stereocenters. The van der Waals surface area contributed by atoms with E-state index in [0.29, 0.717) is 0 Å². The zero-order valence-electron chi connectivity index (χ0n) is 11.9. The molecule has 2 amide bonds. The highest BCUT2D eigenvalue weighted by Gasteiger charge is 2.33. The topological polar surface area (TPSA) is 44.4 Å². The lowest BCUT2D eigenvalue weighted by atomic mass is 9.69. The third-order valence-corrected chi connectivity index (χ3v) is 4.12. The second kappa shape index (κ2) is 5.25. The van der Waals surface area contributed by atoms with Crippen molar-refractivity contribution in [3.8, 4) is 0 Å². The number of carbonyl (C=O) groups excluding carboxylic acids is 1. The van der Waals surface area contributed by atoms with Crippen molar-refractivity contribution in [2.75, 3.05) is 32.7 Å². The Morgan fingerprint density at radius 1 is 1.18 bits per heavy atom. The van der Waals surface area contributed by atoms with Crippen molar-refractivity contribution in [2.24, 2.45) is 10.8 Å². The molecule has 0 radical (unpaired) electrons. The lowest BCUT2D eigenvalue weighted by Crippen LogP contribution is -2.52. The van der Waals surface area contributed by atoms with Crippen LogP contribution < -0.4 is 10.6 Å². The highest BCUT2D eigenvalue weighted by molar-refractivity contribution is 5.74. The van der Waals surface area contributed by atoms with Crippen molar-refractivity contribution < 1.29 is 4.79 Å². The van der Waals surface area contributed by atoms with E-state index in [0.717, 1.165) is 32.7 Å². The fraction of sp³-hybridized carbons (Fsp3) is 0.923. The van der Waals surface area contributed by atoms with Crippen LogP contribution in [0.25, 0.3) is 0 Å². The monoisotopic (exact) mass is 241 g/mol. The van der Waals surface area contributed by atoms with Gasteiger partial charge in [-0.05, 0) is 10.8 Å². The third-order valence-electron chi connectivity index (χ3n) is 4.12. The molecule has 1 aliphatic heterocycles. The number of rotatable bonds is 2. The molecule has 2 N–H and O–H groups in total. The Bertz CT molecular complexity index is 262. The van der Waals surface area contributed by atoms with Gasteiger partial charge in [0.2, 0.25) is 0 Å². The summed E-state index contributed by atoms with van der Waals surface area (Å²) in [6.45, 7) is 15.2. The minimum Gasteiger partial charge on any atom is -0.337 e. The van der Waals surface area contributed by atoms with E-state index in [4.69, 9.17) is 0 Å². The highest BCUT2D eigenvalue weighted by Crippen LogP contribution is 2.36. The van der Waals surface area contributed by atoms with Crippen LogP contribution in [-0.4, -0.2) is 43.7 Å². The molecule has 0 aromatic rings. The minimum absolute atomic E-state index is 0.0730. The van der Waals surface area contributed by atoms with Crippen molar-refractivity contribution in [1.29, 1.82) is 0 Å². The van der Waals surface area contributed by atoms with E-state index >= 15 is 0 Å². The van der Waals surface area contributed by atoms with Gasteiger partial charge in [0.15, 0.2) is 0 Å². The zero-order chi connectivity index (χ0) is 13.1. The molecule has 1 saturated heterocycles. The van der Waals surface area contributed by atoms with Crippen molar-refractivity contribution >= 4 is 6.03 Å². The second-order valence-corrected chi connectivity index (χ2v) is 6.53. The Kier molecular flexibility index (Phi) is 4.42. The number of piperazine rings is 1. The van der Waals surface area contributed by atoms with E-state index in [1.807, 2.05) is 4.90 Å². The molecular weight excluding hydrogens is 214 g/mol. The molecular formula is C13H27N3O. The summed E-state index contributed by atoms with van der Waals surface area (Å²) in [5.74, 6) is 0. The van der Waals surface area contributed by atoms with E-state index in [9.17, 15) is 4.79 Å². The van der Waals surface area contributed by atoms with Crippen molar-refractivity contribution in [1.82, 2.24) is 15.5 Å². The third kappa shape index (κ3) is 3.87. The first-order chi connectivity index (χ1) is 7.74.